The van der Waals surface area contributed by atoms with Crippen molar-refractivity contribution in [3.8, 4) is 0 Å². The Morgan fingerprint density at radius 1 is 1.28 bits per heavy atom. The summed E-state index contributed by atoms with van der Waals surface area (Å²) >= 11 is 0. The van der Waals surface area contributed by atoms with E-state index in [1.807, 2.05) is 0 Å². The number of halogens is 3. The van der Waals surface area contributed by atoms with Gasteiger partial charge in [-0.2, -0.15) is 0 Å². The minimum Gasteiger partial charge on any atom is -0.369 e. The number of aliphatic imine (C=N–C) groups is 1. The zero-order chi connectivity index (χ0) is 23.3. The predicted molar refractivity (Wildman–Crippen MR) is 107 cm³/mol. The molecule has 1 aromatic carbocycles. The fourth-order valence-electron chi connectivity index (χ4n) is 3.81. The van der Waals surface area contributed by atoms with Crippen molar-refractivity contribution in [3.05, 3.63) is 59.2 Å². The number of hydrogen-bond acceptors (Lipinski definition) is 7. The first-order chi connectivity index (χ1) is 15.1. The number of fused-ring (bicyclic) bond motifs is 1. The third-order valence-corrected chi connectivity index (χ3v) is 7.38. The molecule has 0 spiro atoms. The zero-order valence-electron chi connectivity index (χ0n) is 16.7. The van der Waals surface area contributed by atoms with Crippen LogP contribution in [0.15, 0.2) is 35.5 Å². The van der Waals surface area contributed by atoms with E-state index in [0.29, 0.717) is 18.7 Å². The molecule has 0 bridgehead atoms. The highest BCUT2D eigenvalue weighted by atomic mass is 32.2. The summed E-state index contributed by atoms with van der Waals surface area (Å²) in [5, 5.41) is 2.35. The lowest BCUT2D eigenvalue weighted by Gasteiger charge is -2.45. The van der Waals surface area contributed by atoms with E-state index < -0.39 is 50.1 Å². The van der Waals surface area contributed by atoms with Gasteiger partial charge in [0.1, 0.15) is 17.2 Å². The molecule has 2 unspecified atom stereocenters. The number of guanidine groups is 1. The molecule has 32 heavy (non-hydrogen) atoms. The number of hydrogen-bond donors (Lipinski definition) is 2. The number of nitrogens with two attached hydrogens (primary N) is 1. The van der Waals surface area contributed by atoms with Crippen LogP contribution >= 0.6 is 0 Å². The first-order valence-corrected chi connectivity index (χ1v) is 10.9. The summed E-state index contributed by atoms with van der Waals surface area (Å²) < 4.78 is 74.0. The molecule has 9 nitrogen and oxygen atoms in total. The van der Waals surface area contributed by atoms with E-state index in [9.17, 15) is 26.4 Å². The van der Waals surface area contributed by atoms with Crippen LogP contribution in [-0.4, -0.2) is 48.7 Å². The average molecular weight is 469 g/mol. The van der Waals surface area contributed by atoms with Gasteiger partial charge in [-0.3, -0.25) is 4.79 Å². The van der Waals surface area contributed by atoms with Crippen molar-refractivity contribution in [2.45, 2.75) is 23.8 Å². The molecule has 0 radical (unpaired) electrons. The third kappa shape index (κ3) is 3.46. The molecule has 2 aliphatic rings. The number of carbonyl (C=O) groups is 1. The maximum Gasteiger partial charge on any atom is 0.277 e. The molecule has 0 saturated carbocycles. The van der Waals surface area contributed by atoms with Crippen molar-refractivity contribution in [1.82, 2.24) is 9.29 Å². The SMILES string of the molecule is CN1C(N)=NC2(c3cc(NC(=O)c4ncc(F)cc4F)ccc3F)CCCOC2S1(=O)=O. The number of aromatic nitrogens is 1. The topological polar surface area (TPSA) is 127 Å². The minimum absolute atomic E-state index is 0.0146. The molecule has 1 aromatic heterocycles. The number of anilines is 1. The van der Waals surface area contributed by atoms with Gasteiger partial charge in [-0.25, -0.2) is 35.9 Å². The van der Waals surface area contributed by atoms with Crippen molar-refractivity contribution in [1.29, 1.82) is 0 Å². The quantitative estimate of drug-likeness (QED) is 0.704. The van der Waals surface area contributed by atoms with E-state index in [1.165, 1.54) is 19.2 Å². The number of nitrogens with one attached hydrogen (secondary N) is 1. The minimum atomic E-state index is -4.12. The number of benzene rings is 1. The van der Waals surface area contributed by atoms with Crippen LogP contribution in [0.3, 0.4) is 0 Å². The Balaban J connectivity index is 1.77. The molecule has 1 saturated heterocycles. The number of ether oxygens (including phenoxy) is 1. The summed E-state index contributed by atoms with van der Waals surface area (Å²) in [4.78, 5) is 20.1. The van der Waals surface area contributed by atoms with Crippen molar-refractivity contribution < 1.29 is 31.1 Å². The van der Waals surface area contributed by atoms with Crippen LogP contribution in [-0.2, 0) is 20.3 Å². The molecule has 3 heterocycles. The third-order valence-electron chi connectivity index (χ3n) is 5.36. The predicted octanol–water partition coefficient (Wildman–Crippen LogP) is 1.67. The standard InChI is InChI=1S/C19H18F3N5O4S/c1-27-18(23)26-19(5-2-6-31-17(19)32(27,29)30)12-8-11(3-4-13(12)21)25-16(28)15-14(22)7-10(20)9-24-15/h3-4,7-9,17H,2,5-6H2,1H3,(H2,23,26)(H,25,28). The largest absolute Gasteiger partial charge is 0.369 e. The monoisotopic (exact) mass is 469 g/mol. The van der Waals surface area contributed by atoms with Crippen LogP contribution in [0.4, 0.5) is 18.9 Å². The summed E-state index contributed by atoms with van der Waals surface area (Å²) in [7, 11) is -2.90. The molecule has 4 rings (SSSR count). The molecule has 13 heteroatoms. The van der Waals surface area contributed by atoms with Crippen LogP contribution in [0.2, 0.25) is 0 Å². The number of pyridine rings is 1. The number of amides is 1. The van der Waals surface area contributed by atoms with Crippen molar-refractivity contribution in [2.75, 3.05) is 19.0 Å². The highest BCUT2D eigenvalue weighted by Crippen LogP contribution is 2.46. The molecule has 2 aromatic rings. The van der Waals surface area contributed by atoms with Crippen molar-refractivity contribution in [3.63, 3.8) is 0 Å². The van der Waals surface area contributed by atoms with Crippen LogP contribution in [0.1, 0.15) is 28.9 Å². The molecule has 1 fully saturated rings. The molecule has 170 valence electrons. The second kappa shape index (κ2) is 7.74. The molecule has 1 amide bonds. The fourth-order valence-corrected chi connectivity index (χ4v) is 5.45. The van der Waals surface area contributed by atoms with Gasteiger partial charge in [-0.15, -0.1) is 0 Å². The van der Waals surface area contributed by atoms with Gasteiger partial charge < -0.3 is 15.8 Å². The van der Waals surface area contributed by atoms with Crippen LogP contribution in [0.5, 0.6) is 0 Å². The number of sulfonamides is 1. The Morgan fingerprint density at radius 3 is 2.75 bits per heavy atom. The zero-order valence-corrected chi connectivity index (χ0v) is 17.5. The van der Waals surface area contributed by atoms with Crippen molar-refractivity contribution in [2.24, 2.45) is 10.7 Å². The van der Waals surface area contributed by atoms with E-state index in [0.717, 1.165) is 10.4 Å². The average Bonchev–Trinajstić information content (AvgIpc) is 2.73. The second-order valence-corrected chi connectivity index (χ2v) is 9.35. The number of nitrogens with zero attached hydrogens (tertiary/aromatic N) is 3. The fraction of sp³-hybridized carbons (Fsp3) is 0.316. The Bertz CT molecular complexity index is 1240. The maximum atomic E-state index is 15.0. The Hall–Kier alpha value is -3.19. The summed E-state index contributed by atoms with van der Waals surface area (Å²) in [6.07, 6.45) is 1.18. The summed E-state index contributed by atoms with van der Waals surface area (Å²) in [5.41, 5.74) is 1.80. The first kappa shape index (κ1) is 22.0. The highest BCUT2D eigenvalue weighted by molar-refractivity contribution is 7.90. The molecular formula is C19H18F3N5O4S. The molecule has 3 N–H and O–H groups in total. The lowest BCUT2D eigenvalue weighted by atomic mass is 9.84. The van der Waals surface area contributed by atoms with E-state index in [-0.39, 0.29) is 30.2 Å². The summed E-state index contributed by atoms with van der Waals surface area (Å²) in [6.45, 7) is 0.127. The molecule has 2 aliphatic heterocycles. The first-order valence-electron chi connectivity index (χ1n) is 9.43. The highest BCUT2D eigenvalue weighted by Gasteiger charge is 2.56. The molecule has 0 aliphatic carbocycles. The lowest BCUT2D eigenvalue weighted by Crippen LogP contribution is -2.60. The van der Waals surface area contributed by atoms with E-state index in [2.05, 4.69) is 15.3 Å². The normalized spacial score (nSPS) is 24.4. The van der Waals surface area contributed by atoms with Gasteiger partial charge in [-0.05, 0) is 31.0 Å². The van der Waals surface area contributed by atoms with E-state index in [4.69, 9.17) is 10.5 Å². The maximum absolute atomic E-state index is 15.0. The van der Waals surface area contributed by atoms with Crippen LogP contribution < -0.4 is 11.1 Å². The summed E-state index contributed by atoms with van der Waals surface area (Å²) in [6, 6.07) is 3.90. The van der Waals surface area contributed by atoms with Gasteiger partial charge in [0.2, 0.25) is 11.4 Å². The van der Waals surface area contributed by atoms with Crippen LogP contribution in [0.25, 0.3) is 0 Å². The van der Waals surface area contributed by atoms with Gasteiger partial charge in [0.05, 0.1) is 6.20 Å². The van der Waals surface area contributed by atoms with Gasteiger partial charge >= 0.3 is 0 Å². The van der Waals surface area contributed by atoms with Crippen LogP contribution in [0, 0.1) is 17.5 Å². The number of carbonyl (C=O) groups excluding carboxylic acids is 1. The smallest absolute Gasteiger partial charge is 0.277 e. The van der Waals surface area contributed by atoms with Gasteiger partial charge in [0.25, 0.3) is 15.9 Å². The Kier molecular flexibility index (Phi) is 5.33. The Labute approximate surface area is 181 Å². The van der Waals surface area contributed by atoms with Gasteiger partial charge in [0, 0.05) is 31.0 Å². The van der Waals surface area contributed by atoms with Gasteiger partial charge in [0.15, 0.2) is 11.5 Å². The van der Waals surface area contributed by atoms with Crippen molar-refractivity contribution >= 4 is 27.6 Å². The lowest BCUT2D eigenvalue weighted by molar-refractivity contribution is 0.000601. The Morgan fingerprint density at radius 2 is 2.03 bits per heavy atom. The molecular weight excluding hydrogens is 451 g/mol. The van der Waals surface area contributed by atoms with E-state index in [1.54, 1.807) is 0 Å². The van der Waals surface area contributed by atoms with E-state index >= 15 is 0 Å². The number of rotatable bonds is 3. The molecule has 2 atom stereocenters. The summed E-state index contributed by atoms with van der Waals surface area (Å²) in [5.74, 6) is -4.26. The second-order valence-electron chi connectivity index (χ2n) is 7.35. The van der Waals surface area contributed by atoms with Gasteiger partial charge in [-0.1, -0.05) is 0 Å².